The van der Waals surface area contributed by atoms with Gasteiger partial charge in [0.2, 0.25) is 0 Å². The Balaban J connectivity index is 2.29. The van der Waals surface area contributed by atoms with Gasteiger partial charge in [-0.15, -0.1) is 11.3 Å². The second-order valence-electron chi connectivity index (χ2n) is 4.60. The molecular formula is C16H13ClN2OS. The molecule has 0 aliphatic heterocycles. The highest BCUT2D eigenvalue weighted by Crippen LogP contribution is 2.26. The quantitative estimate of drug-likeness (QED) is 0.786. The van der Waals surface area contributed by atoms with Crippen LogP contribution in [0.1, 0.15) is 29.1 Å². The molecule has 0 aliphatic rings. The number of aryl methyl sites for hydroxylation is 1. The van der Waals surface area contributed by atoms with Crippen LogP contribution in [0, 0.1) is 18.3 Å². The topological polar surface area (TPSA) is 53.8 Å². The number of nitrogens with zero attached hydrogens (tertiary/aromatic N) is 2. The fraction of sp³-hybridized carbons (Fsp3) is 0.188. The van der Waals surface area contributed by atoms with Gasteiger partial charge in [-0.25, -0.2) is 4.98 Å². The molecule has 0 aliphatic carbocycles. The van der Waals surface area contributed by atoms with E-state index in [1.807, 2.05) is 36.6 Å². The molecule has 0 saturated heterocycles. The molecule has 0 spiro atoms. The highest BCUT2D eigenvalue weighted by Gasteiger charge is 2.21. The number of carbonyl (C=O) groups excluding carboxylic acids is 1. The molecule has 1 aromatic carbocycles. The molecule has 2 rings (SSSR count). The molecule has 2 aromatic rings. The summed E-state index contributed by atoms with van der Waals surface area (Å²) in [6.07, 6.45) is 1.46. The van der Waals surface area contributed by atoms with Crippen molar-refractivity contribution in [1.82, 2.24) is 4.98 Å². The Labute approximate surface area is 132 Å². The van der Waals surface area contributed by atoms with E-state index in [0.717, 1.165) is 16.8 Å². The van der Waals surface area contributed by atoms with Gasteiger partial charge in [-0.05, 0) is 37.1 Å². The Morgan fingerprint density at radius 1 is 1.48 bits per heavy atom. The summed E-state index contributed by atoms with van der Waals surface area (Å²) in [7, 11) is 0. The second kappa shape index (κ2) is 6.66. The molecule has 0 N–H and O–H groups in total. The first kappa shape index (κ1) is 15.4. The Morgan fingerprint density at radius 3 is 2.76 bits per heavy atom. The molecule has 106 valence electrons. The largest absolute Gasteiger partial charge is 0.293 e. The van der Waals surface area contributed by atoms with Crippen molar-refractivity contribution in [2.75, 3.05) is 0 Å². The first-order valence-corrected chi connectivity index (χ1v) is 7.57. The molecule has 1 atom stereocenters. The number of carbonyl (C=O) groups is 1. The minimum atomic E-state index is -0.860. The van der Waals surface area contributed by atoms with E-state index in [1.54, 1.807) is 13.0 Å². The van der Waals surface area contributed by atoms with E-state index in [0.29, 0.717) is 10.0 Å². The van der Waals surface area contributed by atoms with Crippen molar-refractivity contribution < 1.29 is 4.79 Å². The summed E-state index contributed by atoms with van der Waals surface area (Å²) in [6.45, 7) is 3.64. The Hall–Kier alpha value is -1.96. The fourth-order valence-corrected chi connectivity index (χ4v) is 3.03. The zero-order valence-electron chi connectivity index (χ0n) is 11.6. The predicted molar refractivity (Wildman–Crippen MR) is 85.3 cm³/mol. The number of halogens is 1. The molecule has 0 unspecified atom stereocenters. The number of hydrogen-bond donors (Lipinski definition) is 0. The molecule has 5 heteroatoms. The number of thiazole rings is 1. The van der Waals surface area contributed by atoms with Crippen molar-refractivity contribution in [3.63, 3.8) is 0 Å². The van der Waals surface area contributed by atoms with Crippen molar-refractivity contribution in [3.8, 4) is 6.07 Å². The second-order valence-corrected chi connectivity index (χ2v) is 5.90. The van der Waals surface area contributed by atoms with Crippen LogP contribution in [-0.2, 0) is 4.79 Å². The van der Waals surface area contributed by atoms with Crippen molar-refractivity contribution in [2.45, 2.75) is 19.8 Å². The van der Waals surface area contributed by atoms with Gasteiger partial charge in [0.25, 0.3) is 0 Å². The van der Waals surface area contributed by atoms with Crippen LogP contribution >= 0.6 is 22.9 Å². The molecule has 0 saturated carbocycles. The van der Waals surface area contributed by atoms with Crippen molar-refractivity contribution >= 4 is 34.3 Å². The summed E-state index contributed by atoms with van der Waals surface area (Å²) >= 11 is 7.44. The summed E-state index contributed by atoms with van der Waals surface area (Å²) < 4.78 is 0. The van der Waals surface area contributed by atoms with E-state index in [2.05, 4.69) is 4.98 Å². The number of ketones is 1. The molecular weight excluding hydrogens is 304 g/mol. The van der Waals surface area contributed by atoms with Gasteiger partial charge in [-0.1, -0.05) is 29.8 Å². The SMILES string of the molecule is C/C(=C/C(=O)[C@H](C#N)c1nc(C)cs1)c1ccccc1Cl. The van der Waals surface area contributed by atoms with Crippen molar-refractivity contribution in [3.05, 3.63) is 57.0 Å². The Morgan fingerprint density at radius 2 is 2.19 bits per heavy atom. The van der Waals surface area contributed by atoms with Gasteiger partial charge in [0.05, 0.1) is 6.07 Å². The molecule has 0 radical (unpaired) electrons. The number of nitriles is 1. The Kier molecular flexibility index (Phi) is 4.89. The van der Waals surface area contributed by atoms with Crippen molar-refractivity contribution in [1.29, 1.82) is 5.26 Å². The van der Waals surface area contributed by atoms with Gasteiger partial charge in [0.15, 0.2) is 11.7 Å². The average molecular weight is 317 g/mol. The van der Waals surface area contributed by atoms with Gasteiger partial charge in [-0.2, -0.15) is 5.26 Å². The molecule has 0 fully saturated rings. The van der Waals surface area contributed by atoms with Crippen molar-refractivity contribution in [2.24, 2.45) is 0 Å². The summed E-state index contributed by atoms with van der Waals surface area (Å²) in [5.41, 5.74) is 2.34. The summed E-state index contributed by atoms with van der Waals surface area (Å²) in [4.78, 5) is 16.5. The average Bonchev–Trinajstić information content (AvgIpc) is 2.86. The summed E-state index contributed by atoms with van der Waals surface area (Å²) in [5, 5.41) is 12.2. The third kappa shape index (κ3) is 3.57. The molecule has 0 amide bonds. The summed E-state index contributed by atoms with van der Waals surface area (Å²) in [6, 6.07) is 9.32. The summed E-state index contributed by atoms with van der Waals surface area (Å²) in [5.74, 6) is -1.13. The van der Waals surface area contributed by atoms with E-state index >= 15 is 0 Å². The van der Waals surface area contributed by atoms with Crippen LogP contribution < -0.4 is 0 Å². The van der Waals surface area contributed by atoms with Crippen LogP contribution in [-0.4, -0.2) is 10.8 Å². The first-order chi connectivity index (χ1) is 10.0. The predicted octanol–water partition coefficient (Wildman–Crippen LogP) is 4.38. The third-order valence-corrected chi connectivity index (χ3v) is 4.31. The maximum Gasteiger partial charge on any atom is 0.180 e. The molecule has 21 heavy (non-hydrogen) atoms. The van der Waals surface area contributed by atoms with E-state index in [9.17, 15) is 10.1 Å². The minimum Gasteiger partial charge on any atom is -0.293 e. The number of aromatic nitrogens is 1. The lowest BCUT2D eigenvalue weighted by molar-refractivity contribution is -0.114. The highest BCUT2D eigenvalue weighted by atomic mass is 35.5. The smallest absolute Gasteiger partial charge is 0.180 e. The lowest BCUT2D eigenvalue weighted by atomic mass is 10.0. The van der Waals surface area contributed by atoms with E-state index in [1.165, 1.54) is 17.4 Å². The van der Waals surface area contributed by atoms with E-state index in [4.69, 9.17) is 11.6 Å². The number of allylic oxidation sites excluding steroid dienone is 2. The zero-order chi connectivity index (χ0) is 15.4. The van der Waals surface area contributed by atoms with Gasteiger partial charge in [0.1, 0.15) is 5.01 Å². The van der Waals surface area contributed by atoms with Gasteiger partial charge < -0.3 is 0 Å². The van der Waals surface area contributed by atoms with Crippen LogP contribution in [0.5, 0.6) is 0 Å². The highest BCUT2D eigenvalue weighted by molar-refractivity contribution is 7.10. The monoisotopic (exact) mass is 316 g/mol. The number of benzene rings is 1. The maximum absolute atomic E-state index is 12.3. The lowest BCUT2D eigenvalue weighted by Crippen LogP contribution is -2.08. The van der Waals surface area contributed by atoms with Crippen LogP contribution in [0.4, 0.5) is 0 Å². The minimum absolute atomic E-state index is 0.274. The van der Waals surface area contributed by atoms with Crippen LogP contribution in [0.2, 0.25) is 5.02 Å². The molecule has 1 heterocycles. The number of hydrogen-bond acceptors (Lipinski definition) is 4. The fourth-order valence-electron chi connectivity index (χ4n) is 1.90. The lowest BCUT2D eigenvalue weighted by Gasteiger charge is -2.06. The van der Waals surface area contributed by atoms with E-state index < -0.39 is 5.92 Å². The Bertz CT molecular complexity index is 743. The third-order valence-electron chi connectivity index (χ3n) is 2.95. The van der Waals surface area contributed by atoms with Gasteiger partial charge in [-0.3, -0.25) is 4.79 Å². The van der Waals surface area contributed by atoms with Gasteiger partial charge in [0, 0.05) is 16.1 Å². The van der Waals surface area contributed by atoms with Gasteiger partial charge >= 0.3 is 0 Å². The van der Waals surface area contributed by atoms with Crippen LogP contribution in [0.25, 0.3) is 5.57 Å². The zero-order valence-corrected chi connectivity index (χ0v) is 13.2. The normalized spacial score (nSPS) is 12.8. The molecule has 1 aromatic heterocycles. The van der Waals surface area contributed by atoms with Crippen LogP contribution in [0.15, 0.2) is 35.7 Å². The standard InChI is InChI=1S/C16H13ClN2OS/c1-10(12-5-3-4-6-14(12)17)7-15(20)13(8-18)16-19-11(2)9-21-16/h3-7,9,13H,1-2H3/b10-7-/t13-/m0/s1. The number of rotatable bonds is 4. The van der Waals surface area contributed by atoms with E-state index in [-0.39, 0.29) is 5.78 Å². The molecule has 0 bridgehead atoms. The molecule has 3 nitrogen and oxygen atoms in total. The van der Waals surface area contributed by atoms with Crippen LogP contribution in [0.3, 0.4) is 0 Å². The first-order valence-electron chi connectivity index (χ1n) is 6.31. The maximum atomic E-state index is 12.3.